The van der Waals surface area contributed by atoms with Gasteiger partial charge < -0.3 is 11.1 Å². The number of nitrogens with one attached hydrogen (secondary N) is 1. The average molecular weight is 375 g/mol. The Labute approximate surface area is 158 Å². The van der Waals surface area contributed by atoms with Gasteiger partial charge in [-0.2, -0.15) is 0 Å². The van der Waals surface area contributed by atoms with Gasteiger partial charge in [-0.15, -0.1) is 0 Å². The molecule has 0 aliphatic carbocycles. The van der Waals surface area contributed by atoms with Gasteiger partial charge in [0.15, 0.2) is 0 Å². The molecule has 0 fully saturated rings. The van der Waals surface area contributed by atoms with Gasteiger partial charge >= 0.3 is 0 Å². The largest absolute Gasteiger partial charge is 0.355 e. The van der Waals surface area contributed by atoms with Crippen LogP contribution in [0.2, 0.25) is 0 Å². The van der Waals surface area contributed by atoms with Crippen LogP contribution in [-0.4, -0.2) is 30.5 Å². The molecule has 5 heteroatoms. The third kappa shape index (κ3) is 7.55. The van der Waals surface area contributed by atoms with Crippen LogP contribution in [0.15, 0.2) is 60.7 Å². The minimum absolute atomic E-state index is 0.126. The van der Waals surface area contributed by atoms with Crippen LogP contribution in [-0.2, 0) is 4.79 Å². The Morgan fingerprint density at radius 1 is 0.920 bits per heavy atom. The minimum atomic E-state index is 0.126. The van der Waals surface area contributed by atoms with Crippen LogP contribution in [0.25, 0.3) is 0 Å². The normalized spacial score (nSPS) is 10.8. The third-order valence-electron chi connectivity index (χ3n) is 3.82. The Hall–Kier alpha value is -1.43. The molecular weight excluding hydrogens is 348 g/mol. The first kappa shape index (κ1) is 19.9. The van der Waals surface area contributed by atoms with E-state index in [2.05, 4.69) is 29.6 Å². The molecule has 0 spiro atoms. The Morgan fingerprint density at radius 2 is 1.48 bits per heavy atom. The highest BCUT2D eigenvalue weighted by Gasteiger charge is 2.14. The lowest BCUT2D eigenvalue weighted by Gasteiger charge is -2.19. The monoisotopic (exact) mass is 374 g/mol. The highest BCUT2D eigenvalue weighted by atomic mass is 33.1. The molecule has 2 aromatic rings. The topological polar surface area (TPSA) is 55.1 Å². The van der Waals surface area contributed by atoms with E-state index in [1.807, 2.05) is 36.4 Å². The molecule has 0 aliphatic heterocycles. The summed E-state index contributed by atoms with van der Waals surface area (Å²) in [7, 11) is 3.57. The van der Waals surface area contributed by atoms with E-state index in [4.69, 9.17) is 5.73 Å². The van der Waals surface area contributed by atoms with E-state index in [0.29, 0.717) is 19.5 Å². The molecule has 0 aromatic heterocycles. The van der Waals surface area contributed by atoms with Crippen molar-refractivity contribution in [2.45, 2.75) is 18.8 Å². The van der Waals surface area contributed by atoms with Gasteiger partial charge in [0.2, 0.25) is 5.91 Å². The zero-order chi connectivity index (χ0) is 17.7. The number of benzene rings is 2. The molecular formula is C20H26N2OS2. The number of amides is 1. The molecule has 0 atom stereocenters. The molecule has 1 amide bonds. The fourth-order valence-electron chi connectivity index (χ4n) is 2.56. The predicted molar refractivity (Wildman–Crippen MR) is 111 cm³/mol. The summed E-state index contributed by atoms with van der Waals surface area (Å²) in [6.45, 7) is 1.33. The summed E-state index contributed by atoms with van der Waals surface area (Å²) in [6, 6.07) is 20.7. The maximum Gasteiger partial charge on any atom is 0.220 e. The molecule has 134 valence electrons. The Balaban J connectivity index is 1.83. The highest BCUT2D eigenvalue weighted by molar-refractivity contribution is 8.76. The average Bonchev–Trinajstić information content (AvgIpc) is 2.66. The first-order chi connectivity index (χ1) is 12.3. The molecule has 0 unspecified atom stereocenters. The summed E-state index contributed by atoms with van der Waals surface area (Å²) >= 11 is 0. The molecule has 0 radical (unpaired) electrons. The lowest BCUT2D eigenvalue weighted by atomic mass is 9.91. The van der Waals surface area contributed by atoms with E-state index in [1.165, 1.54) is 11.1 Å². The van der Waals surface area contributed by atoms with E-state index in [1.54, 1.807) is 21.6 Å². The van der Waals surface area contributed by atoms with Crippen molar-refractivity contribution < 1.29 is 4.79 Å². The second-order valence-electron chi connectivity index (χ2n) is 5.71. The molecule has 0 saturated carbocycles. The Bertz CT molecular complexity index is 568. The first-order valence-electron chi connectivity index (χ1n) is 8.62. The van der Waals surface area contributed by atoms with E-state index in [0.717, 1.165) is 17.9 Å². The van der Waals surface area contributed by atoms with Gasteiger partial charge in [-0.1, -0.05) is 82.3 Å². The van der Waals surface area contributed by atoms with Crippen LogP contribution in [0.1, 0.15) is 29.9 Å². The standard InChI is InChI=1S/C20H26N2OS2/c21-13-15-25-24-14-7-12-20(23)22-16-19(17-8-3-1-4-9-17)18-10-5-2-6-11-18/h1-6,8-11,19H,7,12-16,21H2,(H,22,23). The van der Waals surface area contributed by atoms with E-state index in [-0.39, 0.29) is 11.8 Å². The molecule has 0 aliphatic rings. The number of carbonyl (C=O) groups excluding carboxylic acids is 1. The number of hydrogen-bond acceptors (Lipinski definition) is 4. The summed E-state index contributed by atoms with van der Waals surface area (Å²) in [6.07, 6.45) is 1.47. The number of carbonyl (C=O) groups is 1. The maximum absolute atomic E-state index is 12.2. The van der Waals surface area contributed by atoms with Crippen LogP contribution in [0, 0.1) is 0 Å². The van der Waals surface area contributed by atoms with E-state index < -0.39 is 0 Å². The van der Waals surface area contributed by atoms with Gasteiger partial charge in [0, 0.05) is 36.9 Å². The second-order valence-corrected chi connectivity index (χ2v) is 8.42. The van der Waals surface area contributed by atoms with Gasteiger partial charge in [0.25, 0.3) is 0 Å². The van der Waals surface area contributed by atoms with Crippen molar-refractivity contribution in [2.24, 2.45) is 5.73 Å². The molecule has 0 bridgehead atoms. The van der Waals surface area contributed by atoms with Gasteiger partial charge in [-0.25, -0.2) is 0 Å². The summed E-state index contributed by atoms with van der Waals surface area (Å²) in [4.78, 5) is 12.2. The molecule has 0 heterocycles. The zero-order valence-corrected chi connectivity index (χ0v) is 16.0. The summed E-state index contributed by atoms with van der Waals surface area (Å²) in [5.41, 5.74) is 7.91. The second kappa shape index (κ2) is 12.0. The van der Waals surface area contributed by atoms with Crippen LogP contribution in [0.4, 0.5) is 0 Å². The van der Waals surface area contributed by atoms with Gasteiger partial charge in [0.1, 0.15) is 0 Å². The first-order valence-corrected chi connectivity index (χ1v) is 11.1. The predicted octanol–water partition coefficient (Wildman–Crippen LogP) is 4.06. The summed E-state index contributed by atoms with van der Waals surface area (Å²) in [5.74, 6) is 2.26. The fourth-order valence-corrected chi connectivity index (χ4v) is 4.50. The quantitative estimate of drug-likeness (QED) is 0.460. The van der Waals surface area contributed by atoms with Gasteiger partial charge in [-0.05, 0) is 17.5 Å². The molecule has 0 saturated heterocycles. The van der Waals surface area contributed by atoms with Crippen molar-refractivity contribution in [3.05, 3.63) is 71.8 Å². The molecule has 25 heavy (non-hydrogen) atoms. The summed E-state index contributed by atoms with van der Waals surface area (Å²) in [5, 5.41) is 3.11. The summed E-state index contributed by atoms with van der Waals surface area (Å²) < 4.78 is 0. The molecule has 3 nitrogen and oxygen atoms in total. The van der Waals surface area contributed by atoms with Crippen LogP contribution >= 0.6 is 21.6 Å². The molecule has 2 aromatic carbocycles. The third-order valence-corrected chi connectivity index (χ3v) is 6.35. The van der Waals surface area contributed by atoms with Crippen LogP contribution < -0.4 is 11.1 Å². The van der Waals surface area contributed by atoms with Crippen molar-refractivity contribution >= 4 is 27.5 Å². The number of hydrogen-bond donors (Lipinski definition) is 2. The molecule has 2 rings (SSSR count). The Kier molecular flexibility index (Phi) is 9.55. The molecule has 3 N–H and O–H groups in total. The number of rotatable bonds is 11. The van der Waals surface area contributed by atoms with E-state index >= 15 is 0 Å². The van der Waals surface area contributed by atoms with Crippen molar-refractivity contribution in [2.75, 3.05) is 24.6 Å². The highest BCUT2D eigenvalue weighted by Crippen LogP contribution is 2.24. The van der Waals surface area contributed by atoms with Crippen molar-refractivity contribution in [3.63, 3.8) is 0 Å². The van der Waals surface area contributed by atoms with Crippen molar-refractivity contribution in [1.82, 2.24) is 5.32 Å². The van der Waals surface area contributed by atoms with Crippen molar-refractivity contribution in [3.8, 4) is 0 Å². The lowest BCUT2D eigenvalue weighted by molar-refractivity contribution is -0.121. The number of nitrogens with two attached hydrogens (primary N) is 1. The Morgan fingerprint density at radius 3 is 2.04 bits per heavy atom. The lowest BCUT2D eigenvalue weighted by Crippen LogP contribution is -2.28. The SMILES string of the molecule is NCCSSCCCC(=O)NCC(c1ccccc1)c1ccccc1. The smallest absolute Gasteiger partial charge is 0.220 e. The van der Waals surface area contributed by atoms with Crippen LogP contribution in [0.3, 0.4) is 0 Å². The zero-order valence-electron chi connectivity index (χ0n) is 14.4. The van der Waals surface area contributed by atoms with Gasteiger partial charge in [0.05, 0.1) is 0 Å². The van der Waals surface area contributed by atoms with E-state index in [9.17, 15) is 4.79 Å². The fraction of sp³-hybridized carbons (Fsp3) is 0.350. The van der Waals surface area contributed by atoms with Gasteiger partial charge in [-0.3, -0.25) is 4.79 Å². The minimum Gasteiger partial charge on any atom is -0.355 e. The van der Waals surface area contributed by atoms with Crippen LogP contribution in [0.5, 0.6) is 0 Å². The maximum atomic E-state index is 12.2. The van der Waals surface area contributed by atoms with Crippen molar-refractivity contribution in [1.29, 1.82) is 0 Å².